The van der Waals surface area contributed by atoms with Gasteiger partial charge in [0, 0.05) is 5.56 Å². The van der Waals surface area contributed by atoms with Gasteiger partial charge in [-0.3, -0.25) is 0 Å². The van der Waals surface area contributed by atoms with Gasteiger partial charge < -0.3 is 10.8 Å². The first kappa shape index (κ1) is 11.1. The van der Waals surface area contributed by atoms with Crippen molar-refractivity contribution in [3.05, 3.63) is 53.8 Å². The molecule has 0 spiro atoms. The van der Waals surface area contributed by atoms with Crippen LogP contribution < -0.4 is 5.73 Å². The van der Waals surface area contributed by atoms with Crippen LogP contribution in [0.25, 0.3) is 11.1 Å². The quantitative estimate of drug-likeness (QED) is 0.781. The van der Waals surface area contributed by atoms with E-state index in [2.05, 4.69) is 0 Å². The van der Waals surface area contributed by atoms with E-state index in [-0.39, 0.29) is 16.8 Å². The lowest BCUT2D eigenvalue weighted by Crippen LogP contribution is -2.04. The summed E-state index contributed by atoms with van der Waals surface area (Å²) in [5.74, 6) is -1.75. The van der Waals surface area contributed by atoms with E-state index in [1.807, 2.05) is 0 Å². The van der Waals surface area contributed by atoms with Crippen LogP contribution in [0.15, 0.2) is 42.5 Å². The first-order valence-corrected chi connectivity index (χ1v) is 4.98. The topological polar surface area (TPSA) is 63.3 Å². The Bertz CT molecular complexity index is 567. The summed E-state index contributed by atoms with van der Waals surface area (Å²) in [6, 6.07) is 10.9. The summed E-state index contributed by atoms with van der Waals surface area (Å²) in [4.78, 5) is 11.1. The summed E-state index contributed by atoms with van der Waals surface area (Å²) in [6.45, 7) is 0. The number of nitrogen functional groups attached to an aromatic ring is 1. The Hall–Kier alpha value is -2.36. The third kappa shape index (κ3) is 1.97. The van der Waals surface area contributed by atoms with Gasteiger partial charge in [-0.05, 0) is 17.7 Å². The van der Waals surface area contributed by atoms with Gasteiger partial charge in [-0.1, -0.05) is 30.3 Å². The van der Waals surface area contributed by atoms with Crippen LogP contribution in [0.5, 0.6) is 0 Å². The minimum Gasteiger partial charge on any atom is -0.478 e. The normalized spacial score (nSPS) is 10.2. The van der Waals surface area contributed by atoms with Crippen molar-refractivity contribution in [3.8, 4) is 11.1 Å². The zero-order valence-electron chi connectivity index (χ0n) is 8.85. The summed E-state index contributed by atoms with van der Waals surface area (Å²) >= 11 is 0. The number of carboxylic acid groups (broad SMARTS) is 1. The number of benzene rings is 2. The Kier molecular flexibility index (Phi) is 2.78. The van der Waals surface area contributed by atoms with Gasteiger partial charge in [0.1, 0.15) is 5.82 Å². The Morgan fingerprint density at radius 2 is 1.76 bits per heavy atom. The predicted octanol–water partition coefficient (Wildman–Crippen LogP) is 2.77. The van der Waals surface area contributed by atoms with Crippen molar-refractivity contribution in [2.24, 2.45) is 0 Å². The molecule has 0 aliphatic heterocycles. The van der Waals surface area contributed by atoms with Gasteiger partial charge in [-0.2, -0.15) is 0 Å². The standard InChI is InChI=1S/C13H10FNO2/c14-10-7-6-9(13(16)17)11(12(10)15)8-4-2-1-3-5-8/h1-7H,15H2,(H,16,17). The third-order valence-electron chi connectivity index (χ3n) is 2.49. The SMILES string of the molecule is Nc1c(F)ccc(C(=O)O)c1-c1ccccc1. The first-order chi connectivity index (χ1) is 8.11. The van der Waals surface area contributed by atoms with Gasteiger partial charge in [0.25, 0.3) is 0 Å². The number of hydrogen-bond acceptors (Lipinski definition) is 2. The maximum Gasteiger partial charge on any atom is 0.336 e. The summed E-state index contributed by atoms with van der Waals surface area (Å²) in [7, 11) is 0. The van der Waals surface area contributed by atoms with E-state index in [1.54, 1.807) is 30.3 Å². The molecule has 3 N–H and O–H groups in total. The number of halogens is 1. The number of rotatable bonds is 2. The second kappa shape index (κ2) is 4.25. The highest BCUT2D eigenvalue weighted by atomic mass is 19.1. The summed E-state index contributed by atoms with van der Waals surface area (Å²) in [5, 5.41) is 9.06. The van der Waals surface area contributed by atoms with E-state index in [1.165, 1.54) is 6.07 Å². The number of anilines is 1. The molecule has 0 heterocycles. The smallest absolute Gasteiger partial charge is 0.336 e. The van der Waals surface area contributed by atoms with E-state index >= 15 is 0 Å². The van der Waals surface area contributed by atoms with E-state index in [4.69, 9.17) is 10.8 Å². The van der Waals surface area contributed by atoms with E-state index < -0.39 is 11.8 Å². The fourth-order valence-electron chi connectivity index (χ4n) is 1.69. The number of aromatic carboxylic acids is 1. The van der Waals surface area contributed by atoms with Crippen LogP contribution in [0, 0.1) is 5.82 Å². The number of carbonyl (C=O) groups is 1. The molecule has 2 rings (SSSR count). The van der Waals surface area contributed by atoms with Crippen LogP contribution in [0.3, 0.4) is 0 Å². The highest BCUT2D eigenvalue weighted by Crippen LogP contribution is 2.31. The van der Waals surface area contributed by atoms with Crippen molar-refractivity contribution in [1.82, 2.24) is 0 Å². The molecule has 0 fully saturated rings. The van der Waals surface area contributed by atoms with Crippen LogP contribution in [-0.2, 0) is 0 Å². The van der Waals surface area contributed by atoms with Crippen molar-refractivity contribution >= 4 is 11.7 Å². The van der Waals surface area contributed by atoms with Crippen LogP contribution in [0.4, 0.5) is 10.1 Å². The van der Waals surface area contributed by atoms with Crippen molar-refractivity contribution in [2.45, 2.75) is 0 Å². The van der Waals surface area contributed by atoms with E-state index in [9.17, 15) is 9.18 Å². The molecule has 0 unspecified atom stereocenters. The molecule has 0 bridgehead atoms. The minimum atomic E-state index is -1.13. The molecule has 2 aromatic rings. The molecule has 17 heavy (non-hydrogen) atoms. The van der Waals surface area contributed by atoms with Crippen molar-refractivity contribution in [1.29, 1.82) is 0 Å². The second-order valence-corrected chi connectivity index (χ2v) is 3.55. The summed E-state index contributed by atoms with van der Waals surface area (Å²) < 4.78 is 13.4. The van der Waals surface area contributed by atoms with Gasteiger partial charge in [0.15, 0.2) is 0 Å². The summed E-state index contributed by atoms with van der Waals surface area (Å²) in [6.07, 6.45) is 0. The zero-order valence-corrected chi connectivity index (χ0v) is 8.85. The zero-order chi connectivity index (χ0) is 12.4. The number of nitrogens with two attached hydrogens (primary N) is 1. The molecule has 4 heteroatoms. The fraction of sp³-hybridized carbons (Fsp3) is 0. The Morgan fingerprint density at radius 3 is 2.35 bits per heavy atom. The highest BCUT2D eigenvalue weighted by Gasteiger charge is 2.17. The Labute approximate surface area is 97.3 Å². The molecule has 0 aliphatic carbocycles. The molecule has 0 amide bonds. The largest absolute Gasteiger partial charge is 0.478 e. The van der Waals surface area contributed by atoms with E-state index in [0.717, 1.165) is 6.07 Å². The lowest BCUT2D eigenvalue weighted by atomic mass is 9.97. The fourth-order valence-corrected chi connectivity index (χ4v) is 1.69. The molecule has 0 aromatic heterocycles. The van der Waals surface area contributed by atoms with Crippen LogP contribution in [0.1, 0.15) is 10.4 Å². The van der Waals surface area contributed by atoms with Gasteiger partial charge in [-0.25, -0.2) is 9.18 Å². The molecule has 2 aromatic carbocycles. The molecule has 0 saturated carbocycles. The lowest BCUT2D eigenvalue weighted by Gasteiger charge is -2.10. The molecule has 0 radical (unpaired) electrons. The van der Waals surface area contributed by atoms with Gasteiger partial charge in [0.2, 0.25) is 0 Å². The third-order valence-corrected chi connectivity index (χ3v) is 2.49. The average molecular weight is 231 g/mol. The molecular formula is C13H10FNO2. The van der Waals surface area contributed by atoms with Crippen LogP contribution >= 0.6 is 0 Å². The lowest BCUT2D eigenvalue weighted by molar-refractivity contribution is 0.0697. The second-order valence-electron chi connectivity index (χ2n) is 3.55. The molecular weight excluding hydrogens is 221 g/mol. The van der Waals surface area contributed by atoms with Gasteiger partial charge in [-0.15, -0.1) is 0 Å². The van der Waals surface area contributed by atoms with Gasteiger partial charge in [0.05, 0.1) is 11.3 Å². The number of hydrogen-bond donors (Lipinski definition) is 2. The van der Waals surface area contributed by atoms with Crippen molar-refractivity contribution < 1.29 is 14.3 Å². The maximum absolute atomic E-state index is 13.4. The van der Waals surface area contributed by atoms with Crippen LogP contribution in [0.2, 0.25) is 0 Å². The monoisotopic (exact) mass is 231 g/mol. The molecule has 86 valence electrons. The molecule has 3 nitrogen and oxygen atoms in total. The molecule has 0 atom stereocenters. The average Bonchev–Trinajstić information content (AvgIpc) is 2.33. The van der Waals surface area contributed by atoms with Gasteiger partial charge >= 0.3 is 5.97 Å². The Balaban J connectivity index is 2.74. The maximum atomic E-state index is 13.4. The first-order valence-electron chi connectivity index (χ1n) is 4.98. The van der Waals surface area contributed by atoms with E-state index in [0.29, 0.717) is 5.56 Å². The molecule has 0 aliphatic rings. The minimum absolute atomic E-state index is 0.00454. The van der Waals surface area contributed by atoms with Crippen molar-refractivity contribution in [2.75, 3.05) is 5.73 Å². The number of carboxylic acids is 1. The van der Waals surface area contributed by atoms with Crippen molar-refractivity contribution in [3.63, 3.8) is 0 Å². The summed E-state index contributed by atoms with van der Waals surface area (Å²) in [5.41, 5.74) is 6.27. The highest BCUT2D eigenvalue weighted by molar-refractivity contribution is 5.99. The Morgan fingerprint density at radius 1 is 1.12 bits per heavy atom. The van der Waals surface area contributed by atoms with Crippen LogP contribution in [-0.4, -0.2) is 11.1 Å². The molecule has 0 saturated heterocycles. The predicted molar refractivity (Wildman–Crippen MR) is 63.2 cm³/mol.